The summed E-state index contributed by atoms with van der Waals surface area (Å²) in [7, 11) is -2.51. The molecule has 0 unspecified atom stereocenters. The van der Waals surface area contributed by atoms with E-state index in [-0.39, 0.29) is 16.6 Å². The van der Waals surface area contributed by atoms with Crippen molar-refractivity contribution >= 4 is 50.0 Å². The third-order valence-corrected chi connectivity index (χ3v) is 17.0. The summed E-state index contributed by atoms with van der Waals surface area (Å²) in [6, 6.07) is 3.70. The van der Waals surface area contributed by atoms with E-state index in [0.29, 0.717) is 5.69 Å². The zero-order chi connectivity index (χ0) is 43.8. The molecular weight excluding hydrogens is 783 g/mol. The van der Waals surface area contributed by atoms with Crippen molar-refractivity contribution in [1.29, 1.82) is 0 Å². The largest absolute Gasteiger partial charge is 0.463 e. The fourth-order valence-corrected chi connectivity index (χ4v) is 15.2. The second kappa shape index (κ2) is 20.6. The fourth-order valence-electron chi connectivity index (χ4n) is 8.56. The van der Waals surface area contributed by atoms with E-state index < -0.39 is 124 Å². The first-order chi connectivity index (χ1) is 27.0. The van der Waals surface area contributed by atoms with Gasteiger partial charge in [0.25, 0.3) is 0 Å². The smallest absolute Gasteiger partial charge is 0.303 e. The lowest BCUT2D eigenvalue weighted by atomic mass is 9.92. The second-order valence-electron chi connectivity index (χ2n) is 15.4. The van der Waals surface area contributed by atoms with Crippen LogP contribution in [0.1, 0.15) is 102 Å². The van der Waals surface area contributed by atoms with Gasteiger partial charge in [-0.2, -0.15) is 0 Å². The van der Waals surface area contributed by atoms with Gasteiger partial charge in [-0.25, -0.2) is 0 Å². The van der Waals surface area contributed by atoms with Crippen molar-refractivity contribution in [3.8, 4) is 0 Å². The molecule has 2 saturated heterocycles. The van der Waals surface area contributed by atoms with Crippen LogP contribution in [-0.4, -0.2) is 123 Å². The first-order valence-electron chi connectivity index (χ1n) is 19.3. The van der Waals surface area contributed by atoms with Crippen molar-refractivity contribution in [2.24, 2.45) is 0 Å². The summed E-state index contributed by atoms with van der Waals surface area (Å²) in [6.45, 7) is 19.8. The van der Waals surface area contributed by atoms with Crippen LogP contribution >= 0.6 is 0 Å². The van der Waals surface area contributed by atoms with Gasteiger partial charge in [-0.05, 0) is 35.0 Å². The lowest BCUT2D eigenvalue weighted by molar-refractivity contribution is -0.345. The van der Waals surface area contributed by atoms with Crippen LogP contribution in [0.25, 0.3) is 0 Å². The minimum Gasteiger partial charge on any atom is -0.463 e. The number of ether oxygens (including phenoxy) is 10. The Morgan fingerprint density at radius 2 is 0.948 bits per heavy atom. The maximum absolute atomic E-state index is 13.0. The topological polar surface area (TPSA) is 217 Å². The third kappa shape index (κ3) is 11.4. The van der Waals surface area contributed by atoms with Gasteiger partial charge in [0.05, 0.1) is 0 Å². The summed E-state index contributed by atoms with van der Waals surface area (Å²) >= 11 is 0. The van der Waals surface area contributed by atoms with E-state index in [1.54, 1.807) is 0 Å². The molecule has 2 fully saturated rings. The summed E-state index contributed by atoms with van der Waals surface area (Å²) in [5.74, 6) is -5.58. The number of rotatable bonds is 16. The zero-order valence-corrected chi connectivity index (χ0v) is 36.5. The summed E-state index contributed by atoms with van der Waals surface area (Å²) in [5, 5.41) is 0. The molecule has 0 aromatic carbocycles. The lowest BCUT2D eigenvalue weighted by Gasteiger charge is -2.50. The van der Waals surface area contributed by atoms with Crippen LogP contribution in [0.4, 0.5) is 0 Å². The van der Waals surface area contributed by atoms with Crippen LogP contribution < -0.4 is 0 Å². The van der Waals surface area contributed by atoms with Gasteiger partial charge in [0.2, 0.25) is 0 Å². The van der Waals surface area contributed by atoms with Crippen LogP contribution in [0.2, 0.25) is 16.6 Å². The zero-order valence-electron chi connectivity index (χ0n) is 35.5. The Kier molecular flexibility index (Phi) is 17.0. The quantitative estimate of drug-likeness (QED) is 0.131. The minimum atomic E-state index is -2.51. The molecule has 2 aliphatic heterocycles. The Bertz CT molecular complexity index is 1620. The number of esters is 7. The molecule has 58 heavy (non-hydrogen) atoms. The molecule has 1 aromatic rings. The monoisotopic (exact) mass is 841 g/mol. The predicted molar refractivity (Wildman–Crippen MR) is 203 cm³/mol. The number of hydrogen-bond acceptors (Lipinski definition) is 17. The molecule has 0 radical (unpaired) electrons. The van der Waals surface area contributed by atoms with Gasteiger partial charge >= 0.3 is 41.8 Å². The average Bonchev–Trinajstić information content (AvgIpc) is 3.55. The number of nitrogens with zero attached hydrogens (tertiary/aromatic N) is 1. The Labute approximate surface area is 339 Å². The molecule has 10 atom stereocenters. The van der Waals surface area contributed by atoms with Crippen molar-refractivity contribution in [2.45, 2.75) is 168 Å². The highest BCUT2D eigenvalue weighted by molar-refractivity contribution is 6.82. The molecule has 3 rings (SSSR count). The molecule has 0 spiro atoms. The lowest BCUT2D eigenvalue weighted by Crippen LogP contribution is -2.66. The van der Waals surface area contributed by atoms with Gasteiger partial charge < -0.3 is 51.6 Å². The third-order valence-electron chi connectivity index (χ3n) is 10.2. The van der Waals surface area contributed by atoms with Gasteiger partial charge in [0, 0.05) is 54.2 Å². The second-order valence-corrected chi connectivity index (χ2v) is 21.1. The molecule has 18 nitrogen and oxygen atoms in total. The van der Waals surface area contributed by atoms with Crippen molar-refractivity contribution < 1.29 is 80.9 Å². The molecule has 3 heterocycles. The van der Waals surface area contributed by atoms with Crippen LogP contribution in [0, 0.1) is 0 Å². The van der Waals surface area contributed by atoms with Crippen molar-refractivity contribution in [3.63, 3.8) is 0 Å². The van der Waals surface area contributed by atoms with Crippen LogP contribution in [0.3, 0.4) is 0 Å². The standard InChI is InChI=1S/C39H59NO17Si/c1-19(2)58(20(3)4,21(5)6)40-16-14-15-29(40)32-35(51-25(10)44)36(52-26(11)45)34(30(55-32)17-48-22(7)41)57-39-38(54-28(13)47)37(53-27(12)46)33(50-24(9)43)31(56-39)18-49-23(8)42/h14-16,19-21,30-39H,17-18H2,1-13H3/t30-,31-,32+,33-,34-,35+,36+,37+,38-,39-/m1/s1. The fraction of sp³-hybridized carbons (Fsp3) is 0.718. The minimum absolute atomic E-state index is 0.217. The van der Waals surface area contributed by atoms with E-state index in [2.05, 4.69) is 45.8 Å². The van der Waals surface area contributed by atoms with E-state index in [0.717, 1.165) is 34.6 Å². The van der Waals surface area contributed by atoms with Gasteiger partial charge in [0.1, 0.15) is 37.6 Å². The Balaban J connectivity index is 2.32. The SMILES string of the molecule is CC(=O)OC[C@H]1O[C@@H](c2cccn2[Si](C(C)C)(C(C)C)C(C)C)[C@H](OC(C)=O)[C@@H](OC(C)=O)[C@@H]1O[C@H]1O[C@H](COC(C)=O)[C@@H](OC(C)=O)[C@H](OC(C)=O)[C@H]1OC(C)=O. The maximum Gasteiger partial charge on any atom is 0.303 e. The van der Waals surface area contributed by atoms with Crippen LogP contribution in [-0.2, 0) is 80.9 Å². The molecule has 19 heteroatoms. The van der Waals surface area contributed by atoms with Gasteiger partial charge in [0.15, 0.2) is 45.0 Å². The Hall–Kier alpha value is -4.33. The molecule has 0 saturated carbocycles. The molecule has 0 N–H and O–H groups in total. The highest BCUT2D eigenvalue weighted by Gasteiger charge is 2.58. The normalized spacial score (nSPS) is 27.4. The number of carbonyl (C=O) groups is 7. The molecule has 1 aromatic heterocycles. The first-order valence-corrected chi connectivity index (χ1v) is 21.5. The van der Waals surface area contributed by atoms with Gasteiger partial charge in [-0.1, -0.05) is 41.5 Å². The highest BCUT2D eigenvalue weighted by atomic mass is 28.3. The number of aromatic nitrogens is 1. The summed E-state index contributed by atoms with van der Waals surface area (Å²) in [5.41, 5.74) is 1.27. The predicted octanol–water partition coefficient (Wildman–Crippen LogP) is 3.85. The molecule has 0 bridgehead atoms. The molecule has 0 aliphatic carbocycles. The van der Waals surface area contributed by atoms with E-state index in [1.807, 2.05) is 18.3 Å². The van der Waals surface area contributed by atoms with Crippen LogP contribution in [0.15, 0.2) is 18.3 Å². The molecule has 2 aliphatic rings. The van der Waals surface area contributed by atoms with E-state index in [9.17, 15) is 33.6 Å². The number of carbonyl (C=O) groups excluding carboxylic acids is 7. The van der Waals surface area contributed by atoms with E-state index >= 15 is 0 Å². The maximum atomic E-state index is 13.0. The van der Waals surface area contributed by atoms with Crippen molar-refractivity contribution in [3.05, 3.63) is 24.0 Å². The van der Waals surface area contributed by atoms with Crippen molar-refractivity contribution in [2.75, 3.05) is 13.2 Å². The molecule has 326 valence electrons. The van der Waals surface area contributed by atoms with E-state index in [1.165, 1.54) is 13.8 Å². The van der Waals surface area contributed by atoms with Gasteiger partial charge in [-0.3, -0.25) is 33.6 Å². The highest BCUT2D eigenvalue weighted by Crippen LogP contribution is 2.47. The van der Waals surface area contributed by atoms with E-state index in [4.69, 9.17) is 47.4 Å². The summed E-state index contributed by atoms with van der Waals surface area (Å²) in [6.07, 6.45) is -12.8. The first kappa shape index (κ1) is 48.0. The van der Waals surface area contributed by atoms with Gasteiger partial charge in [-0.15, -0.1) is 0 Å². The molecule has 0 amide bonds. The Morgan fingerprint density at radius 3 is 1.38 bits per heavy atom. The van der Waals surface area contributed by atoms with Crippen LogP contribution in [0.5, 0.6) is 0 Å². The summed E-state index contributed by atoms with van der Waals surface area (Å²) < 4.78 is 60.9. The average molecular weight is 842 g/mol. The molecular formula is C39H59NO17Si. The number of hydrogen-bond donors (Lipinski definition) is 0. The Morgan fingerprint density at radius 1 is 0.552 bits per heavy atom. The summed E-state index contributed by atoms with van der Waals surface area (Å²) in [4.78, 5) is 87.5. The van der Waals surface area contributed by atoms with Crippen molar-refractivity contribution in [1.82, 2.24) is 4.23 Å².